The average molecular weight is 267 g/mol. The zero-order chi connectivity index (χ0) is 13.8. The van der Waals surface area contributed by atoms with Crippen LogP contribution in [0.15, 0.2) is 24.3 Å². The van der Waals surface area contributed by atoms with Gasteiger partial charge < -0.3 is 15.1 Å². The van der Waals surface area contributed by atoms with Crippen molar-refractivity contribution in [3.05, 3.63) is 35.6 Å². The van der Waals surface area contributed by atoms with Gasteiger partial charge in [0.15, 0.2) is 0 Å². The highest BCUT2D eigenvalue weighted by Gasteiger charge is 2.28. The fraction of sp³-hybridized carbons (Fsp3) is 0.500. The monoisotopic (exact) mass is 267 g/mol. The summed E-state index contributed by atoms with van der Waals surface area (Å²) < 4.78 is 12.7. The Kier molecular flexibility index (Phi) is 4.50. The summed E-state index contributed by atoms with van der Waals surface area (Å²) in [6, 6.07) is 6.08. The molecular formula is C14H18FNO3. The number of benzene rings is 1. The number of carbonyl (C=O) groups excluding carboxylic acids is 1. The Morgan fingerprint density at radius 1 is 1.26 bits per heavy atom. The van der Waals surface area contributed by atoms with Crippen LogP contribution in [0.4, 0.5) is 4.39 Å². The number of aliphatic hydroxyl groups excluding tert-OH is 2. The molecule has 1 aromatic rings. The number of halogens is 1. The highest BCUT2D eigenvalue weighted by atomic mass is 19.1. The average Bonchev–Trinajstić information content (AvgIpc) is 2.41. The topological polar surface area (TPSA) is 60.8 Å². The third-order valence-corrected chi connectivity index (χ3v) is 3.44. The third kappa shape index (κ3) is 3.75. The normalized spacial score (nSPS) is 23.4. The molecule has 0 aliphatic carbocycles. The van der Waals surface area contributed by atoms with Crippen LogP contribution in [0.5, 0.6) is 0 Å². The second-order valence-electron chi connectivity index (χ2n) is 4.89. The molecule has 1 aromatic carbocycles. The van der Waals surface area contributed by atoms with E-state index in [0.717, 1.165) is 5.56 Å². The molecule has 19 heavy (non-hydrogen) atoms. The van der Waals surface area contributed by atoms with E-state index in [-0.39, 0.29) is 18.3 Å². The zero-order valence-electron chi connectivity index (χ0n) is 10.6. The number of nitrogens with zero attached hydrogens (tertiary/aromatic N) is 1. The molecule has 1 saturated heterocycles. The maximum atomic E-state index is 12.7. The maximum absolute atomic E-state index is 12.7. The SMILES string of the molecule is O=C(CCc1ccc(F)cc1)N1CC[C@H](O)[C@@H](O)C1. The first kappa shape index (κ1) is 14.0. The van der Waals surface area contributed by atoms with E-state index in [0.29, 0.717) is 25.8 Å². The molecule has 0 unspecified atom stereocenters. The lowest BCUT2D eigenvalue weighted by Crippen LogP contribution is -2.49. The number of amides is 1. The standard InChI is InChI=1S/C14H18FNO3/c15-11-4-1-10(2-5-11)3-6-14(19)16-8-7-12(17)13(18)9-16/h1-2,4-5,12-13,17-18H,3,6-9H2/t12-,13-/m0/s1. The van der Waals surface area contributed by atoms with Gasteiger partial charge in [0.05, 0.1) is 12.2 Å². The minimum Gasteiger partial charge on any atom is -0.390 e. The number of hydrogen-bond acceptors (Lipinski definition) is 3. The van der Waals surface area contributed by atoms with Crippen molar-refractivity contribution in [1.82, 2.24) is 4.90 Å². The molecule has 5 heteroatoms. The third-order valence-electron chi connectivity index (χ3n) is 3.44. The minimum absolute atomic E-state index is 0.0460. The van der Waals surface area contributed by atoms with Gasteiger partial charge in [-0.05, 0) is 30.5 Å². The molecule has 2 rings (SSSR count). The Morgan fingerprint density at radius 2 is 1.95 bits per heavy atom. The molecule has 104 valence electrons. The van der Waals surface area contributed by atoms with E-state index >= 15 is 0 Å². The quantitative estimate of drug-likeness (QED) is 0.848. The fourth-order valence-electron chi connectivity index (χ4n) is 2.21. The number of β-amino-alcohol motifs (C(OH)–C–C–N with tert-alkyl or cyclic N) is 1. The highest BCUT2D eigenvalue weighted by Crippen LogP contribution is 2.13. The van der Waals surface area contributed by atoms with Crippen molar-refractivity contribution in [2.75, 3.05) is 13.1 Å². The van der Waals surface area contributed by atoms with Crippen molar-refractivity contribution < 1.29 is 19.4 Å². The van der Waals surface area contributed by atoms with Crippen LogP contribution in [0.1, 0.15) is 18.4 Å². The summed E-state index contributed by atoms with van der Waals surface area (Å²) in [6.07, 6.45) is -0.309. The first-order chi connectivity index (χ1) is 9.06. The molecule has 1 aliphatic heterocycles. The summed E-state index contributed by atoms with van der Waals surface area (Å²) in [5.41, 5.74) is 0.910. The largest absolute Gasteiger partial charge is 0.390 e. The smallest absolute Gasteiger partial charge is 0.222 e. The number of rotatable bonds is 3. The van der Waals surface area contributed by atoms with Crippen LogP contribution in [-0.2, 0) is 11.2 Å². The maximum Gasteiger partial charge on any atom is 0.222 e. The van der Waals surface area contributed by atoms with E-state index in [1.54, 1.807) is 17.0 Å². The Balaban J connectivity index is 1.83. The minimum atomic E-state index is -0.858. The van der Waals surface area contributed by atoms with Gasteiger partial charge >= 0.3 is 0 Å². The number of piperidine rings is 1. The number of aryl methyl sites for hydroxylation is 1. The molecule has 0 bridgehead atoms. The van der Waals surface area contributed by atoms with Crippen LogP contribution in [0.25, 0.3) is 0 Å². The van der Waals surface area contributed by atoms with Crippen LogP contribution in [0, 0.1) is 5.82 Å². The summed E-state index contributed by atoms with van der Waals surface area (Å²) in [5.74, 6) is -0.335. The number of hydrogen-bond donors (Lipinski definition) is 2. The van der Waals surface area contributed by atoms with Gasteiger partial charge in [0, 0.05) is 19.5 Å². The molecule has 0 aromatic heterocycles. The second-order valence-corrected chi connectivity index (χ2v) is 4.89. The van der Waals surface area contributed by atoms with Crippen LogP contribution in [0.2, 0.25) is 0 Å². The van der Waals surface area contributed by atoms with Gasteiger partial charge in [0.2, 0.25) is 5.91 Å². The lowest BCUT2D eigenvalue weighted by atomic mass is 10.0. The van der Waals surface area contributed by atoms with Crippen molar-refractivity contribution in [1.29, 1.82) is 0 Å². The molecule has 0 spiro atoms. The Bertz CT molecular complexity index is 435. The predicted octanol–water partition coefficient (Wildman–Crippen LogP) is 0.712. The second kappa shape index (κ2) is 6.12. The van der Waals surface area contributed by atoms with Gasteiger partial charge in [-0.3, -0.25) is 4.79 Å². The van der Waals surface area contributed by atoms with Gasteiger partial charge in [-0.2, -0.15) is 0 Å². The fourth-order valence-corrected chi connectivity index (χ4v) is 2.21. The van der Waals surface area contributed by atoms with Crippen molar-refractivity contribution >= 4 is 5.91 Å². The van der Waals surface area contributed by atoms with E-state index < -0.39 is 12.2 Å². The number of likely N-dealkylation sites (tertiary alicyclic amines) is 1. The lowest BCUT2D eigenvalue weighted by Gasteiger charge is -2.33. The van der Waals surface area contributed by atoms with Gasteiger partial charge in [0.25, 0.3) is 0 Å². The van der Waals surface area contributed by atoms with Crippen LogP contribution in [0.3, 0.4) is 0 Å². The predicted molar refractivity (Wildman–Crippen MR) is 67.9 cm³/mol. The van der Waals surface area contributed by atoms with E-state index in [1.807, 2.05) is 0 Å². The Morgan fingerprint density at radius 3 is 2.58 bits per heavy atom. The Labute approximate surface area is 111 Å². The summed E-state index contributed by atoms with van der Waals surface area (Å²) >= 11 is 0. The van der Waals surface area contributed by atoms with Crippen molar-refractivity contribution in [2.45, 2.75) is 31.5 Å². The van der Waals surface area contributed by atoms with Gasteiger partial charge in [-0.1, -0.05) is 12.1 Å². The summed E-state index contributed by atoms with van der Waals surface area (Å²) in [6.45, 7) is 0.657. The summed E-state index contributed by atoms with van der Waals surface area (Å²) in [4.78, 5) is 13.5. The molecule has 2 N–H and O–H groups in total. The summed E-state index contributed by atoms with van der Waals surface area (Å²) in [5, 5.41) is 18.9. The molecule has 1 fully saturated rings. The molecule has 1 heterocycles. The van der Waals surface area contributed by atoms with Crippen LogP contribution in [-0.4, -0.2) is 46.3 Å². The van der Waals surface area contributed by atoms with E-state index in [9.17, 15) is 19.4 Å². The first-order valence-electron chi connectivity index (χ1n) is 6.44. The first-order valence-corrected chi connectivity index (χ1v) is 6.44. The zero-order valence-corrected chi connectivity index (χ0v) is 10.6. The van der Waals surface area contributed by atoms with E-state index in [2.05, 4.69) is 0 Å². The molecule has 0 radical (unpaired) electrons. The highest BCUT2D eigenvalue weighted by molar-refractivity contribution is 5.76. The van der Waals surface area contributed by atoms with E-state index in [1.165, 1.54) is 12.1 Å². The summed E-state index contributed by atoms with van der Waals surface area (Å²) in [7, 11) is 0. The van der Waals surface area contributed by atoms with Crippen LogP contribution >= 0.6 is 0 Å². The van der Waals surface area contributed by atoms with E-state index in [4.69, 9.17) is 0 Å². The van der Waals surface area contributed by atoms with Crippen molar-refractivity contribution in [3.63, 3.8) is 0 Å². The molecule has 0 saturated carbocycles. The molecule has 2 atom stereocenters. The molecule has 4 nitrogen and oxygen atoms in total. The van der Waals surface area contributed by atoms with Crippen molar-refractivity contribution in [3.8, 4) is 0 Å². The van der Waals surface area contributed by atoms with Gasteiger partial charge in [-0.25, -0.2) is 4.39 Å². The Hall–Kier alpha value is -1.46. The molecule has 1 aliphatic rings. The van der Waals surface area contributed by atoms with Crippen molar-refractivity contribution in [2.24, 2.45) is 0 Å². The van der Waals surface area contributed by atoms with Gasteiger partial charge in [-0.15, -0.1) is 0 Å². The van der Waals surface area contributed by atoms with Crippen LogP contribution < -0.4 is 0 Å². The molecular weight excluding hydrogens is 249 g/mol. The lowest BCUT2D eigenvalue weighted by molar-refractivity contribution is -0.137. The number of aliphatic hydroxyl groups is 2. The molecule has 1 amide bonds. The van der Waals surface area contributed by atoms with Gasteiger partial charge in [0.1, 0.15) is 5.82 Å². The number of carbonyl (C=O) groups is 1.